The summed E-state index contributed by atoms with van der Waals surface area (Å²) in [7, 11) is 0. The Morgan fingerprint density at radius 1 is 1.20 bits per heavy atom. The topological polar surface area (TPSA) is 34.1 Å². The third-order valence-electron chi connectivity index (χ3n) is 0. The minimum absolute atomic E-state index is 0. The van der Waals surface area contributed by atoms with E-state index in [1.165, 1.54) is 0 Å². The van der Waals surface area contributed by atoms with Crippen LogP contribution >= 0.6 is 0 Å². The van der Waals surface area contributed by atoms with Crippen LogP contribution in [0.2, 0.25) is 0 Å². The second-order valence-electron chi connectivity index (χ2n) is 0.0833. The van der Waals surface area contributed by atoms with E-state index in [2.05, 4.69) is 0 Å². The first-order chi connectivity index (χ1) is 1.41. The third kappa shape index (κ3) is 55.2. The summed E-state index contributed by atoms with van der Waals surface area (Å²) < 4.78 is 17.0. The first-order valence-electron chi connectivity index (χ1n) is 0.408. The van der Waals surface area contributed by atoms with E-state index >= 15 is 0 Å². The second kappa shape index (κ2) is 21.1. The van der Waals surface area contributed by atoms with Crippen LogP contribution in [0.15, 0.2) is 0 Å². The van der Waals surface area contributed by atoms with Gasteiger partial charge in [-0.15, -0.1) is 0 Å². The van der Waals surface area contributed by atoms with E-state index in [9.17, 15) is 0 Å². The predicted octanol–water partition coefficient (Wildman–Crippen LogP) is -6.23. The van der Waals surface area contributed by atoms with E-state index in [1.807, 2.05) is 0 Å². The molecule has 0 unspecified atom stereocenters. The van der Waals surface area contributed by atoms with Gasteiger partial charge in [-0.25, -0.2) is 0 Å². The van der Waals surface area contributed by atoms with Crippen LogP contribution in [0.25, 0.3) is 0 Å². The molecule has 0 aliphatic carbocycles. The minimum atomic E-state index is -2.00. The summed E-state index contributed by atoms with van der Waals surface area (Å²) in [6, 6.07) is 0. The molecule has 0 aromatic heterocycles. The quantitative estimate of drug-likeness (QED) is 0.288. The first-order valence-corrected chi connectivity index (χ1v) is 1.68. The number of rotatable bonds is 0. The molecular weight excluding hydrogens is 106 g/mol. The third-order valence-corrected chi connectivity index (χ3v) is 0. The molecule has 0 aromatic carbocycles. The van der Waals surface area contributed by atoms with Crippen LogP contribution in [0.3, 0.4) is 0 Å². The van der Waals surface area contributed by atoms with Crippen LogP contribution in [0.4, 0.5) is 0 Å². The average molecular weight is 106 g/mol. The normalized spacial score (nSPS) is 1.60. The van der Waals surface area contributed by atoms with Crippen LogP contribution in [0, 0.1) is 0 Å². The van der Waals surface area contributed by atoms with Crippen molar-refractivity contribution in [2.75, 3.05) is 0 Å². The van der Waals surface area contributed by atoms with Crippen molar-refractivity contribution in [3.63, 3.8) is 0 Å². The summed E-state index contributed by atoms with van der Waals surface area (Å²) >= 11 is -2.00. The summed E-state index contributed by atoms with van der Waals surface area (Å²) in [5.41, 5.74) is 0. The standard InChI is InChI=1S/FH.Li.2O.Ti/h1H;;;;/q;+1;;;/p-1. The SMILES string of the molecule is [F-].[Li+].[O]=[Ti]=[O]. The second-order valence-corrected chi connectivity index (χ2v) is 0.344. The fourth-order valence-electron chi connectivity index (χ4n) is 0. The van der Waals surface area contributed by atoms with Gasteiger partial charge in [-0.1, -0.05) is 0 Å². The predicted molar refractivity (Wildman–Crippen MR) is 1.37 cm³/mol. The van der Waals surface area contributed by atoms with Gasteiger partial charge in [0.2, 0.25) is 0 Å². The maximum atomic E-state index is 8.50. The molecule has 0 heterocycles. The Balaban J connectivity index is -0.0000000200. The van der Waals surface area contributed by atoms with Crippen LogP contribution < -0.4 is 23.6 Å². The molecule has 0 radical (unpaired) electrons. The van der Waals surface area contributed by atoms with Crippen LogP contribution in [0.5, 0.6) is 0 Å². The molecule has 5 heavy (non-hydrogen) atoms. The molecule has 0 aliphatic heterocycles. The van der Waals surface area contributed by atoms with Crippen LogP contribution in [0.1, 0.15) is 0 Å². The van der Waals surface area contributed by atoms with Gasteiger partial charge < -0.3 is 4.70 Å². The Bertz CT molecular complexity index is 30.6. The Hall–Kier alpha value is 0.842. The van der Waals surface area contributed by atoms with Crippen molar-refractivity contribution < 1.29 is 49.3 Å². The average Bonchev–Trinajstić information content (AvgIpc) is 0.918. The number of halogens is 1. The molecule has 0 atom stereocenters. The van der Waals surface area contributed by atoms with E-state index in [0.29, 0.717) is 0 Å². The summed E-state index contributed by atoms with van der Waals surface area (Å²) in [6.45, 7) is 0. The van der Waals surface area contributed by atoms with Gasteiger partial charge in [-0.3, -0.25) is 0 Å². The summed E-state index contributed by atoms with van der Waals surface area (Å²) in [5.74, 6) is 0. The van der Waals surface area contributed by atoms with E-state index in [4.69, 9.17) is 6.65 Å². The molecule has 2 nitrogen and oxygen atoms in total. The molecular formula is FLiO2Ti. The van der Waals surface area contributed by atoms with Crippen LogP contribution in [-0.2, 0) is 25.7 Å². The molecule has 0 bridgehead atoms. The van der Waals surface area contributed by atoms with Gasteiger partial charge >= 0.3 is 44.6 Å². The van der Waals surface area contributed by atoms with Crippen molar-refractivity contribution in [3.05, 3.63) is 0 Å². The van der Waals surface area contributed by atoms with E-state index in [0.717, 1.165) is 0 Å². The summed E-state index contributed by atoms with van der Waals surface area (Å²) in [6.07, 6.45) is 0. The van der Waals surface area contributed by atoms with Crippen molar-refractivity contribution in [3.8, 4) is 0 Å². The Kier molecular flexibility index (Phi) is 71.5. The van der Waals surface area contributed by atoms with E-state index in [1.54, 1.807) is 0 Å². The van der Waals surface area contributed by atoms with Crippen molar-refractivity contribution in [2.45, 2.75) is 0 Å². The molecule has 0 saturated carbocycles. The molecule has 24 valence electrons. The monoisotopic (exact) mass is 106 g/mol. The molecule has 5 heteroatoms. The molecule has 0 rings (SSSR count). The van der Waals surface area contributed by atoms with Crippen molar-refractivity contribution in [2.24, 2.45) is 0 Å². The van der Waals surface area contributed by atoms with E-state index in [-0.39, 0.29) is 23.6 Å². The van der Waals surface area contributed by atoms with Crippen molar-refractivity contribution in [1.82, 2.24) is 0 Å². The summed E-state index contributed by atoms with van der Waals surface area (Å²) in [5, 5.41) is 0. The molecule has 0 amide bonds. The molecule has 0 saturated heterocycles. The van der Waals surface area contributed by atoms with Gasteiger partial charge in [0.15, 0.2) is 0 Å². The zero-order valence-electron chi connectivity index (χ0n) is 2.69. The molecule has 0 N–H and O–H groups in total. The number of hydrogen-bond acceptors (Lipinski definition) is 2. The maximum absolute atomic E-state index is 8.50. The van der Waals surface area contributed by atoms with Gasteiger partial charge in [-0.2, -0.15) is 0 Å². The van der Waals surface area contributed by atoms with Gasteiger partial charge in [0, 0.05) is 0 Å². The molecule has 0 spiro atoms. The van der Waals surface area contributed by atoms with Crippen molar-refractivity contribution >= 4 is 0 Å². The fraction of sp³-hybridized carbons (Fsp3) is 0. The van der Waals surface area contributed by atoms with Gasteiger partial charge in [0.05, 0.1) is 0 Å². The first kappa shape index (κ1) is 17.0. The fourth-order valence-corrected chi connectivity index (χ4v) is 0. The zero-order chi connectivity index (χ0) is 2.71. The number of hydrogen-bond donors (Lipinski definition) is 0. The summed E-state index contributed by atoms with van der Waals surface area (Å²) in [4.78, 5) is 0. The van der Waals surface area contributed by atoms with E-state index < -0.39 is 19.1 Å². The molecule has 0 aliphatic rings. The Morgan fingerprint density at radius 3 is 1.20 bits per heavy atom. The Morgan fingerprint density at radius 2 is 1.20 bits per heavy atom. The zero-order valence-corrected chi connectivity index (χ0v) is 4.26. The molecule has 0 fully saturated rings. The molecule has 0 aromatic rings. The van der Waals surface area contributed by atoms with Gasteiger partial charge in [0.25, 0.3) is 0 Å². The Labute approximate surface area is 49.4 Å². The van der Waals surface area contributed by atoms with Crippen molar-refractivity contribution in [1.29, 1.82) is 0 Å². The van der Waals surface area contributed by atoms with Crippen LogP contribution in [-0.4, -0.2) is 0 Å². The van der Waals surface area contributed by atoms with Gasteiger partial charge in [0.1, 0.15) is 0 Å². The van der Waals surface area contributed by atoms with Gasteiger partial charge in [-0.05, 0) is 0 Å².